The van der Waals surface area contributed by atoms with Crippen LogP contribution in [0.5, 0.6) is 5.75 Å². The zero-order valence-electron chi connectivity index (χ0n) is 35.7. The van der Waals surface area contributed by atoms with Crippen molar-refractivity contribution in [1.29, 1.82) is 0 Å². The van der Waals surface area contributed by atoms with Crippen LogP contribution in [0, 0.1) is 0 Å². The molecule has 0 aliphatic carbocycles. The van der Waals surface area contributed by atoms with Crippen molar-refractivity contribution in [3.05, 3.63) is 247 Å². The fraction of sp³-hybridized carbons (Fsp3) is 0.0323. The highest BCUT2D eigenvalue weighted by molar-refractivity contribution is 6.14. The highest BCUT2D eigenvalue weighted by Crippen LogP contribution is 2.48. The molecular weight excluding hydrogens is 791 g/mol. The summed E-state index contributed by atoms with van der Waals surface area (Å²) >= 11 is 0. The van der Waals surface area contributed by atoms with Gasteiger partial charge in [0.05, 0.1) is 11.1 Å². The lowest BCUT2D eigenvalue weighted by Gasteiger charge is -2.26. The average molecular weight is 834 g/mol. The summed E-state index contributed by atoms with van der Waals surface area (Å²) in [5.41, 5.74) is 17.6. The van der Waals surface area contributed by atoms with Crippen molar-refractivity contribution in [2.24, 2.45) is 0 Å². The molecule has 0 fully saturated rings. The van der Waals surface area contributed by atoms with E-state index < -0.39 is 0 Å². The van der Waals surface area contributed by atoms with Gasteiger partial charge in [-0.15, -0.1) is 0 Å². The van der Waals surface area contributed by atoms with Crippen LogP contribution in [0.3, 0.4) is 0 Å². The molecule has 308 valence electrons. The number of nitrogens with zero attached hydrogens (tertiary/aromatic N) is 1. The summed E-state index contributed by atoms with van der Waals surface area (Å²) in [5, 5.41) is 4.37. The zero-order chi connectivity index (χ0) is 43.1. The van der Waals surface area contributed by atoms with Crippen molar-refractivity contribution in [3.63, 3.8) is 0 Å². The van der Waals surface area contributed by atoms with Crippen molar-refractivity contribution < 1.29 is 9.15 Å². The Morgan fingerprint density at radius 3 is 1.97 bits per heavy atom. The van der Waals surface area contributed by atoms with Gasteiger partial charge in [0.1, 0.15) is 23.5 Å². The largest absolute Gasteiger partial charge is 0.488 e. The number of allylic oxidation sites excluding steroid dienone is 1. The first-order valence-corrected chi connectivity index (χ1v) is 22.3. The lowest BCUT2D eigenvalue weighted by Crippen LogP contribution is -2.10. The minimum absolute atomic E-state index is 0.453. The van der Waals surface area contributed by atoms with Gasteiger partial charge in [-0.25, -0.2) is 0 Å². The van der Waals surface area contributed by atoms with E-state index >= 15 is 0 Å². The van der Waals surface area contributed by atoms with Crippen molar-refractivity contribution >= 4 is 55.8 Å². The zero-order valence-corrected chi connectivity index (χ0v) is 35.7. The number of hydrogen-bond acceptors (Lipinski definition) is 3. The Kier molecular flexibility index (Phi) is 9.65. The minimum atomic E-state index is 0.453. The average Bonchev–Trinajstić information content (AvgIpc) is 3.76. The molecule has 0 bridgehead atoms. The van der Waals surface area contributed by atoms with Gasteiger partial charge in [-0.3, -0.25) is 0 Å². The van der Waals surface area contributed by atoms with Gasteiger partial charge in [-0.05, 0) is 122 Å². The highest BCUT2D eigenvalue weighted by atomic mass is 16.5. The maximum Gasteiger partial charge on any atom is 0.137 e. The second kappa shape index (κ2) is 16.4. The van der Waals surface area contributed by atoms with Crippen LogP contribution >= 0.6 is 0 Å². The first-order chi connectivity index (χ1) is 32.2. The molecule has 1 aromatic heterocycles. The van der Waals surface area contributed by atoms with E-state index in [0.717, 1.165) is 89.8 Å². The van der Waals surface area contributed by atoms with Crippen molar-refractivity contribution in [2.45, 2.75) is 13.0 Å². The molecule has 65 heavy (non-hydrogen) atoms. The monoisotopic (exact) mass is 833 g/mol. The smallest absolute Gasteiger partial charge is 0.137 e. The van der Waals surface area contributed by atoms with Gasteiger partial charge >= 0.3 is 0 Å². The van der Waals surface area contributed by atoms with Gasteiger partial charge in [0.25, 0.3) is 0 Å². The topological polar surface area (TPSA) is 25.6 Å². The molecule has 2 heterocycles. The Hall–Kier alpha value is -8.40. The molecule has 0 unspecified atom stereocenters. The Labute approximate surface area is 378 Å². The summed E-state index contributed by atoms with van der Waals surface area (Å²) in [7, 11) is 0. The lowest BCUT2D eigenvalue weighted by atomic mass is 9.84. The third kappa shape index (κ3) is 6.95. The van der Waals surface area contributed by atoms with Crippen molar-refractivity contribution in [2.75, 3.05) is 4.90 Å². The molecule has 0 N–H and O–H groups in total. The fourth-order valence-corrected chi connectivity index (χ4v) is 9.75. The number of hydrogen-bond donors (Lipinski definition) is 0. The van der Waals surface area contributed by atoms with Crippen LogP contribution in [-0.4, -0.2) is 0 Å². The highest BCUT2D eigenvalue weighted by Gasteiger charge is 2.23. The second-order valence-electron chi connectivity index (χ2n) is 16.7. The maximum atomic E-state index is 6.99. The van der Waals surface area contributed by atoms with Crippen LogP contribution in [0.25, 0.3) is 83.3 Å². The molecule has 3 heteroatoms. The van der Waals surface area contributed by atoms with Gasteiger partial charge in [-0.2, -0.15) is 0 Å². The summed E-state index contributed by atoms with van der Waals surface area (Å²) in [4.78, 5) is 2.34. The van der Waals surface area contributed by atoms with E-state index in [1.54, 1.807) is 0 Å². The quantitative estimate of drug-likeness (QED) is 0.173. The molecule has 1 aliphatic heterocycles. The molecule has 3 nitrogen and oxygen atoms in total. The number of furan rings is 1. The summed E-state index contributed by atoms with van der Waals surface area (Å²) in [6.45, 7) is 0.453. The summed E-state index contributed by atoms with van der Waals surface area (Å²) < 4.78 is 13.9. The van der Waals surface area contributed by atoms with Crippen LogP contribution in [0.4, 0.5) is 17.1 Å². The first-order valence-electron chi connectivity index (χ1n) is 22.3. The Balaban J connectivity index is 1.04. The van der Waals surface area contributed by atoms with Gasteiger partial charge in [-0.1, -0.05) is 182 Å². The van der Waals surface area contributed by atoms with Crippen LogP contribution in [0.15, 0.2) is 235 Å². The van der Waals surface area contributed by atoms with E-state index in [1.165, 1.54) is 33.4 Å². The van der Waals surface area contributed by atoms with E-state index in [4.69, 9.17) is 9.15 Å². The second-order valence-corrected chi connectivity index (χ2v) is 16.7. The number of fused-ring (bicyclic) bond motifs is 11. The molecule has 12 rings (SSSR count). The molecule has 0 saturated carbocycles. The van der Waals surface area contributed by atoms with E-state index in [1.807, 2.05) is 0 Å². The van der Waals surface area contributed by atoms with Crippen LogP contribution in [0.2, 0.25) is 0 Å². The molecule has 10 aromatic carbocycles. The van der Waals surface area contributed by atoms with Gasteiger partial charge < -0.3 is 14.1 Å². The van der Waals surface area contributed by atoms with E-state index in [9.17, 15) is 0 Å². The summed E-state index contributed by atoms with van der Waals surface area (Å²) in [6.07, 6.45) is 5.31. The standard InChI is InChI=1S/C62H43NO2/c1-3-16-42(17-4-1)44-32-36-50(37-33-44)63(49-24-5-2-6-25-49)57-30-15-31-58-61(57)56-39-35-47(40-59(56)65-58)52-28-14-29-54-55-38-34-46-20-10-12-27-53(46)62(55)64-41-48-21-8-7-18-43(48)22-13-23-45-19-9-11-26-51(45)60(52)54/h1-22,24-40H,23,41H2. The van der Waals surface area contributed by atoms with Crippen LogP contribution in [0.1, 0.15) is 16.7 Å². The van der Waals surface area contributed by atoms with Crippen molar-refractivity contribution in [3.8, 4) is 50.3 Å². The van der Waals surface area contributed by atoms with Crippen molar-refractivity contribution in [1.82, 2.24) is 0 Å². The molecular formula is C62H43NO2. The summed E-state index contributed by atoms with van der Waals surface area (Å²) in [5.74, 6) is 0.884. The van der Waals surface area contributed by atoms with Gasteiger partial charge in [0.15, 0.2) is 0 Å². The molecule has 11 aromatic rings. The Morgan fingerprint density at radius 1 is 0.415 bits per heavy atom. The van der Waals surface area contributed by atoms with Gasteiger partial charge in [0.2, 0.25) is 0 Å². The van der Waals surface area contributed by atoms with Crippen LogP contribution < -0.4 is 9.64 Å². The SMILES string of the molecule is C1=Cc2ccccc2COc2c(ccc3ccccc23)-c2cccc(-c3ccc4c(c3)oc3cccc(N(c5ccccc5)c5ccc(-c6ccccc6)cc5)c34)c2-c2ccccc2C1. The fourth-order valence-electron chi connectivity index (χ4n) is 9.75. The molecule has 0 amide bonds. The van der Waals surface area contributed by atoms with E-state index in [2.05, 4.69) is 242 Å². The third-order valence-corrected chi connectivity index (χ3v) is 12.9. The molecule has 1 aliphatic rings. The molecule has 0 atom stereocenters. The number of para-hydroxylation sites is 1. The third-order valence-electron chi connectivity index (χ3n) is 12.9. The van der Waals surface area contributed by atoms with E-state index in [-0.39, 0.29) is 0 Å². The lowest BCUT2D eigenvalue weighted by molar-refractivity contribution is 0.311. The van der Waals surface area contributed by atoms with E-state index in [0.29, 0.717) is 6.61 Å². The minimum Gasteiger partial charge on any atom is -0.488 e. The maximum absolute atomic E-state index is 6.99. The normalized spacial score (nSPS) is 12.2. The molecule has 0 saturated heterocycles. The summed E-state index contributed by atoms with van der Waals surface area (Å²) in [6, 6.07) is 80.2. The number of benzene rings is 10. The number of ether oxygens (including phenoxy) is 1. The van der Waals surface area contributed by atoms with Gasteiger partial charge in [0, 0.05) is 27.7 Å². The Bertz CT molecular complexity index is 3570. The van der Waals surface area contributed by atoms with Crippen LogP contribution in [-0.2, 0) is 13.0 Å². The predicted molar refractivity (Wildman–Crippen MR) is 271 cm³/mol. The molecule has 0 spiro atoms. The number of anilines is 3. The predicted octanol–water partition coefficient (Wildman–Crippen LogP) is 17.0. The Morgan fingerprint density at radius 2 is 1.09 bits per heavy atom. The molecule has 0 radical (unpaired) electrons. The first kappa shape index (κ1) is 38.3. The number of rotatable bonds is 5.